The molecule has 0 bridgehead atoms. The van der Waals surface area contributed by atoms with Crippen LogP contribution in [0.4, 0.5) is 5.69 Å². The van der Waals surface area contributed by atoms with Crippen molar-refractivity contribution in [1.29, 1.82) is 0 Å². The molecule has 1 fully saturated rings. The van der Waals surface area contributed by atoms with Crippen LogP contribution < -0.4 is 30.3 Å². The van der Waals surface area contributed by atoms with Crippen LogP contribution in [0, 0.1) is 0 Å². The summed E-state index contributed by atoms with van der Waals surface area (Å²) >= 11 is 0. The Kier molecular flexibility index (Phi) is 9.31. The molecule has 3 amide bonds. The van der Waals surface area contributed by atoms with Gasteiger partial charge in [-0.2, -0.15) is 0 Å². The SMILES string of the molecule is COc1cc2c(c(OC)c1OC)-c1ccc(N[C@H](C)C(=O)N3CCN(C(=O)c4ccco4)CC3)c(=O)cc1[C@@H](NC(C)=O)CC2. The van der Waals surface area contributed by atoms with Crippen LogP contribution in [0.3, 0.4) is 0 Å². The third-order valence-electron chi connectivity index (χ3n) is 8.27. The highest BCUT2D eigenvalue weighted by molar-refractivity contribution is 5.92. The fraction of sp³-hybridized carbons (Fsp3) is 0.394. The summed E-state index contributed by atoms with van der Waals surface area (Å²) in [5.41, 5.74) is 2.89. The zero-order valence-electron chi connectivity index (χ0n) is 26.1. The summed E-state index contributed by atoms with van der Waals surface area (Å²) in [5.74, 6) is 1.03. The number of rotatable bonds is 8. The zero-order valence-corrected chi connectivity index (χ0v) is 26.1. The number of amides is 3. The third kappa shape index (κ3) is 6.31. The molecule has 0 unspecified atom stereocenters. The molecular weight excluding hydrogens is 580 g/mol. The number of benzene rings is 1. The number of carbonyl (C=O) groups excluding carboxylic acids is 3. The highest BCUT2D eigenvalue weighted by atomic mass is 16.5. The van der Waals surface area contributed by atoms with Crippen LogP contribution in [0.5, 0.6) is 17.2 Å². The number of methoxy groups -OCH3 is 3. The van der Waals surface area contributed by atoms with Gasteiger partial charge in [-0.05, 0) is 66.8 Å². The number of carbonyl (C=O) groups is 3. The molecule has 2 N–H and O–H groups in total. The van der Waals surface area contributed by atoms with Crippen molar-refractivity contribution in [2.75, 3.05) is 52.8 Å². The van der Waals surface area contributed by atoms with Crippen molar-refractivity contribution in [2.24, 2.45) is 0 Å². The average molecular weight is 619 g/mol. The standard InChI is InChI=1S/C33H38N4O8/c1-19(32(40)36-12-14-37(15-13-36)33(41)27-7-6-16-45-27)34-25-11-9-22-23(18-26(25)39)24(35-20(2)38)10-8-21-17-28(42-3)30(43-4)31(44-5)29(21)22/h6-7,9,11,16-19,24H,8,10,12-15H2,1-5H3,(H,34,39)(H,35,38)/t19-,24+/m1/s1. The second-order valence-corrected chi connectivity index (χ2v) is 11.1. The van der Waals surface area contributed by atoms with E-state index in [4.69, 9.17) is 18.6 Å². The fourth-order valence-electron chi connectivity index (χ4n) is 6.08. The van der Waals surface area contributed by atoms with Crippen molar-refractivity contribution in [3.63, 3.8) is 0 Å². The molecule has 3 aromatic rings. The summed E-state index contributed by atoms with van der Waals surface area (Å²) in [7, 11) is 4.63. The smallest absolute Gasteiger partial charge is 0.289 e. The lowest BCUT2D eigenvalue weighted by molar-refractivity contribution is -0.133. The maximum absolute atomic E-state index is 13.7. The van der Waals surface area contributed by atoms with E-state index in [1.165, 1.54) is 26.4 Å². The number of nitrogens with one attached hydrogen (secondary N) is 2. The molecule has 12 heteroatoms. The van der Waals surface area contributed by atoms with Gasteiger partial charge in [0, 0.05) is 38.7 Å². The van der Waals surface area contributed by atoms with Gasteiger partial charge in [-0.3, -0.25) is 19.2 Å². The van der Waals surface area contributed by atoms with Gasteiger partial charge in [-0.25, -0.2) is 0 Å². The second-order valence-electron chi connectivity index (χ2n) is 11.1. The molecule has 0 radical (unpaired) electrons. The van der Waals surface area contributed by atoms with E-state index in [9.17, 15) is 19.2 Å². The van der Waals surface area contributed by atoms with E-state index in [-0.39, 0.29) is 34.6 Å². The van der Waals surface area contributed by atoms with Crippen LogP contribution in [0.15, 0.2) is 51.9 Å². The van der Waals surface area contributed by atoms with E-state index in [0.29, 0.717) is 67.4 Å². The Morgan fingerprint density at radius 1 is 0.956 bits per heavy atom. The Hall–Kier alpha value is -5.00. The molecule has 45 heavy (non-hydrogen) atoms. The topological polar surface area (TPSA) is 140 Å². The van der Waals surface area contributed by atoms with Crippen molar-refractivity contribution in [1.82, 2.24) is 15.1 Å². The number of fused-ring (bicyclic) bond motifs is 3. The highest BCUT2D eigenvalue weighted by Gasteiger charge is 2.31. The molecule has 1 saturated heterocycles. The predicted octanol–water partition coefficient (Wildman–Crippen LogP) is 3.24. The number of ether oxygens (including phenoxy) is 3. The minimum absolute atomic E-state index is 0.187. The van der Waals surface area contributed by atoms with Crippen LogP contribution >= 0.6 is 0 Å². The number of hydrogen-bond donors (Lipinski definition) is 2. The Morgan fingerprint density at radius 3 is 2.29 bits per heavy atom. The summed E-state index contributed by atoms with van der Waals surface area (Å²) in [6, 6.07) is 8.98. The largest absolute Gasteiger partial charge is 0.493 e. The number of piperazine rings is 1. The Balaban J connectivity index is 1.44. The van der Waals surface area contributed by atoms with Crippen LogP contribution in [-0.4, -0.2) is 81.1 Å². The van der Waals surface area contributed by atoms with Gasteiger partial charge in [0.25, 0.3) is 5.91 Å². The van der Waals surface area contributed by atoms with E-state index in [1.807, 2.05) is 12.1 Å². The van der Waals surface area contributed by atoms with E-state index in [2.05, 4.69) is 10.6 Å². The first-order chi connectivity index (χ1) is 21.7. The van der Waals surface area contributed by atoms with Crippen LogP contribution in [-0.2, 0) is 16.0 Å². The van der Waals surface area contributed by atoms with Crippen LogP contribution in [0.25, 0.3) is 11.1 Å². The van der Waals surface area contributed by atoms with E-state index < -0.39 is 12.1 Å². The van der Waals surface area contributed by atoms with Gasteiger partial charge >= 0.3 is 0 Å². The van der Waals surface area contributed by atoms with Crippen LogP contribution in [0.1, 0.15) is 48.0 Å². The van der Waals surface area contributed by atoms with Crippen molar-refractivity contribution >= 4 is 23.4 Å². The monoisotopic (exact) mass is 618 g/mol. The molecule has 1 aliphatic carbocycles. The predicted molar refractivity (Wildman–Crippen MR) is 167 cm³/mol. The van der Waals surface area contributed by atoms with Gasteiger partial charge in [0.15, 0.2) is 17.3 Å². The molecule has 2 aliphatic rings. The molecule has 238 valence electrons. The molecule has 1 aromatic heterocycles. The first-order valence-corrected chi connectivity index (χ1v) is 14.8. The molecule has 2 atom stereocenters. The van der Waals surface area contributed by atoms with Crippen LogP contribution in [0.2, 0.25) is 0 Å². The minimum atomic E-state index is -0.718. The van der Waals surface area contributed by atoms with Gasteiger partial charge < -0.3 is 39.1 Å². The van der Waals surface area contributed by atoms with E-state index >= 15 is 0 Å². The lowest BCUT2D eigenvalue weighted by Crippen LogP contribution is -2.53. The average Bonchev–Trinajstić information content (AvgIpc) is 3.49. The van der Waals surface area contributed by atoms with Crippen molar-refractivity contribution in [3.05, 3.63) is 69.8 Å². The van der Waals surface area contributed by atoms with Gasteiger partial charge in [0.2, 0.25) is 23.0 Å². The molecule has 12 nitrogen and oxygen atoms in total. The first-order valence-electron chi connectivity index (χ1n) is 14.8. The zero-order chi connectivity index (χ0) is 32.2. The first kappa shape index (κ1) is 31.4. The fourth-order valence-corrected chi connectivity index (χ4v) is 6.08. The summed E-state index contributed by atoms with van der Waals surface area (Å²) < 4.78 is 22.3. The number of aryl methyl sites for hydroxylation is 1. The molecule has 2 heterocycles. The van der Waals surface area contributed by atoms with E-state index in [1.54, 1.807) is 49.1 Å². The Labute approximate surface area is 261 Å². The number of furan rings is 1. The summed E-state index contributed by atoms with van der Waals surface area (Å²) in [5, 5.41) is 6.10. The Bertz CT molecular complexity index is 1650. The third-order valence-corrected chi connectivity index (χ3v) is 8.27. The minimum Gasteiger partial charge on any atom is -0.493 e. The molecular formula is C33H38N4O8. The summed E-state index contributed by atoms with van der Waals surface area (Å²) in [6.45, 7) is 4.61. The summed E-state index contributed by atoms with van der Waals surface area (Å²) in [6.07, 6.45) is 2.57. The lowest BCUT2D eigenvalue weighted by atomic mass is 9.95. The summed E-state index contributed by atoms with van der Waals surface area (Å²) in [4.78, 5) is 55.2. The maximum atomic E-state index is 13.7. The van der Waals surface area contributed by atoms with Crippen molar-refractivity contribution in [3.8, 4) is 28.4 Å². The Morgan fingerprint density at radius 2 is 1.67 bits per heavy atom. The van der Waals surface area contributed by atoms with Gasteiger partial charge in [-0.1, -0.05) is 6.07 Å². The molecule has 2 aromatic carbocycles. The number of hydrogen-bond acceptors (Lipinski definition) is 9. The molecule has 5 rings (SSSR count). The number of anilines is 1. The van der Waals surface area contributed by atoms with Crippen molar-refractivity contribution < 1.29 is 33.0 Å². The van der Waals surface area contributed by atoms with Gasteiger partial charge in [0.05, 0.1) is 39.3 Å². The molecule has 0 spiro atoms. The normalized spacial score (nSPS) is 16.4. The highest BCUT2D eigenvalue weighted by Crippen LogP contribution is 2.50. The van der Waals surface area contributed by atoms with Gasteiger partial charge in [0.1, 0.15) is 6.04 Å². The quantitative estimate of drug-likeness (QED) is 0.390. The number of nitrogens with zero attached hydrogens (tertiary/aromatic N) is 2. The van der Waals surface area contributed by atoms with Crippen molar-refractivity contribution in [2.45, 2.75) is 38.8 Å². The lowest BCUT2D eigenvalue weighted by Gasteiger charge is -2.35. The van der Waals surface area contributed by atoms with Gasteiger partial charge in [-0.15, -0.1) is 0 Å². The second kappa shape index (κ2) is 13.3. The molecule has 1 aliphatic heterocycles. The molecule has 0 saturated carbocycles. The maximum Gasteiger partial charge on any atom is 0.289 e. The van der Waals surface area contributed by atoms with E-state index in [0.717, 1.165) is 11.1 Å².